The highest BCUT2D eigenvalue weighted by atomic mass is 35.5. The molecule has 0 saturated carbocycles. The highest BCUT2D eigenvalue weighted by molar-refractivity contribution is 5.85. The Morgan fingerprint density at radius 3 is 1.84 bits per heavy atom. The molecule has 0 unspecified atom stereocenters. The predicted octanol–water partition coefficient (Wildman–Crippen LogP) is 1.65. The minimum Gasteiger partial charge on any atom is -0.329 e. The SMILES string of the molecule is Cc1cc(=O)[nH]cc1CC=O.Cc1cc(=O)[nH]cc1CCN1CC(F)C1.Cl.FC1CNC1. The Morgan fingerprint density at radius 1 is 0.969 bits per heavy atom. The zero-order chi connectivity index (χ0) is 22.8. The Morgan fingerprint density at radius 2 is 1.47 bits per heavy atom. The molecule has 0 spiro atoms. The molecule has 4 heterocycles. The largest absolute Gasteiger partial charge is 0.329 e. The van der Waals surface area contributed by atoms with Gasteiger partial charge in [-0.1, -0.05) is 0 Å². The van der Waals surface area contributed by atoms with Crippen LogP contribution in [0.5, 0.6) is 0 Å². The summed E-state index contributed by atoms with van der Waals surface area (Å²) in [6.45, 7) is 6.87. The van der Waals surface area contributed by atoms with Crippen molar-refractivity contribution in [2.45, 2.75) is 39.0 Å². The summed E-state index contributed by atoms with van der Waals surface area (Å²) < 4.78 is 24.0. The van der Waals surface area contributed by atoms with Gasteiger partial charge in [-0.3, -0.25) is 14.5 Å². The summed E-state index contributed by atoms with van der Waals surface area (Å²) in [5, 5.41) is 2.79. The molecule has 3 N–H and O–H groups in total. The van der Waals surface area contributed by atoms with Crippen molar-refractivity contribution in [3.8, 4) is 0 Å². The number of carbonyl (C=O) groups is 1. The highest BCUT2D eigenvalue weighted by Crippen LogP contribution is 2.12. The summed E-state index contributed by atoms with van der Waals surface area (Å²) in [5.74, 6) is 0. The molecule has 2 aromatic rings. The summed E-state index contributed by atoms with van der Waals surface area (Å²) in [4.78, 5) is 39.0. The maximum absolute atomic E-state index is 12.5. The summed E-state index contributed by atoms with van der Waals surface area (Å²) in [5.41, 5.74) is 3.69. The number of likely N-dealkylation sites (tertiary alicyclic amines) is 1. The van der Waals surface area contributed by atoms with E-state index in [9.17, 15) is 23.2 Å². The first-order valence-corrected chi connectivity index (χ1v) is 10.3. The number of carbonyl (C=O) groups excluding carboxylic acids is 1. The van der Waals surface area contributed by atoms with E-state index in [0.29, 0.717) is 32.6 Å². The minimum absolute atomic E-state index is 0. The van der Waals surface area contributed by atoms with Crippen molar-refractivity contribution in [1.82, 2.24) is 20.2 Å². The Hall–Kier alpha value is -2.36. The number of halogens is 3. The first-order valence-electron chi connectivity index (χ1n) is 10.3. The van der Waals surface area contributed by atoms with Crippen molar-refractivity contribution >= 4 is 18.7 Å². The van der Waals surface area contributed by atoms with Gasteiger partial charge < -0.3 is 20.1 Å². The summed E-state index contributed by atoms with van der Waals surface area (Å²) in [7, 11) is 0. The molecule has 0 bridgehead atoms. The van der Waals surface area contributed by atoms with E-state index in [1.54, 1.807) is 18.5 Å². The number of hydrogen-bond donors (Lipinski definition) is 3. The van der Waals surface area contributed by atoms with Crippen LogP contribution in [0.1, 0.15) is 22.3 Å². The lowest BCUT2D eigenvalue weighted by Crippen LogP contribution is -2.48. The second-order valence-electron chi connectivity index (χ2n) is 7.74. The van der Waals surface area contributed by atoms with E-state index >= 15 is 0 Å². The number of rotatable bonds is 5. The average molecular weight is 473 g/mol. The monoisotopic (exact) mass is 472 g/mol. The molecule has 2 aromatic heterocycles. The Kier molecular flexibility index (Phi) is 12.0. The van der Waals surface area contributed by atoms with Gasteiger partial charge in [-0.15, -0.1) is 12.4 Å². The lowest BCUT2D eigenvalue weighted by molar-refractivity contribution is -0.107. The molecule has 2 saturated heterocycles. The third-order valence-electron chi connectivity index (χ3n) is 5.13. The van der Waals surface area contributed by atoms with Gasteiger partial charge in [0.05, 0.1) is 0 Å². The van der Waals surface area contributed by atoms with Gasteiger partial charge in [-0.25, -0.2) is 8.78 Å². The summed E-state index contributed by atoms with van der Waals surface area (Å²) in [6, 6.07) is 3.09. The number of H-pyrrole nitrogens is 2. The molecule has 0 aliphatic carbocycles. The van der Waals surface area contributed by atoms with Crippen LogP contribution in [-0.2, 0) is 17.6 Å². The number of hydrogen-bond acceptors (Lipinski definition) is 5. The molecular formula is C22H31ClF2N4O3. The molecule has 2 fully saturated rings. The van der Waals surface area contributed by atoms with Crippen LogP contribution in [-0.4, -0.2) is 66.2 Å². The first-order chi connectivity index (χ1) is 14.8. The molecular weight excluding hydrogens is 442 g/mol. The third kappa shape index (κ3) is 9.42. The van der Waals surface area contributed by atoms with Crippen molar-refractivity contribution in [2.24, 2.45) is 0 Å². The van der Waals surface area contributed by atoms with E-state index < -0.39 is 12.3 Å². The number of pyridine rings is 2. The first kappa shape index (κ1) is 27.7. The van der Waals surface area contributed by atoms with Gasteiger partial charge in [-0.2, -0.15) is 0 Å². The zero-order valence-corrected chi connectivity index (χ0v) is 19.1. The predicted molar refractivity (Wildman–Crippen MR) is 123 cm³/mol. The highest BCUT2D eigenvalue weighted by Gasteiger charge is 2.25. The van der Waals surface area contributed by atoms with Gasteiger partial charge in [-0.05, 0) is 42.5 Å². The fourth-order valence-electron chi connectivity index (χ4n) is 3.01. The fourth-order valence-corrected chi connectivity index (χ4v) is 3.01. The van der Waals surface area contributed by atoms with E-state index in [0.717, 1.165) is 41.5 Å². The second-order valence-corrected chi connectivity index (χ2v) is 7.74. The quantitative estimate of drug-likeness (QED) is 0.575. The van der Waals surface area contributed by atoms with Crippen molar-refractivity contribution in [3.63, 3.8) is 0 Å². The van der Waals surface area contributed by atoms with Gasteiger partial charge in [0.1, 0.15) is 18.6 Å². The molecule has 7 nitrogen and oxygen atoms in total. The Bertz CT molecular complexity index is 957. The van der Waals surface area contributed by atoms with Crippen LogP contribution in [0.25, 0.3) is 0 Å². The number of alkyl halides is 2. The molecule has 2 aliphatic heterocycles. The molecule has 32 heavy (non-hydrogen) atoms. The van der Waals surface area contributed by atoms with E-state index in [4.69, 9.17) is 0 Å². The normalized spacial score (nSPS) is 15.6. The molecule has 2 aliphatic rings. The zero-order valence-electron chi connectivity index (χ0n) is 18.3. The van der Waals surface area contributed by atoms with Crippen LogP contribution >= 0.6 is 12.4 Å². The number of aromatic amines is 2. The molecule has 0 atom stereocenters. The molecule has 0 amide bonds. The van der Waals surface area contributed by atoms with Gasteiger partial charge in [0, 0.05) is 63.7 Å². The number of nitrogens with zero attached hydrogens (tertiary/aromatic N) is 1. The van der Waals surface area contributed by atoms with Gasteiger partial charge in [0.15, 0.2) is 0 Å². The van der Waals surface area contributed by atoms with Crippen LogP contribution in [0.3, 0.4) is 0 Å². The molecule has 10 heteroatoms. The van der Waals surface area contributed by atoms with Gasteiger partial charge in [0.2, 0.25) is 11.1 Å². The lowest BCUT2D eigenvalue weighted by atomic mass is 10.1. The Balaban J connectivity index is 0.000000264. The van der Waals surface area contributed by atoms with E-state index in [1.807, 2.05) is 13.8 Å². The molecule has 0 aromatic carbocycles. The van der Waals surface area contributed by atoms with Crippen LogP contribution in [0.2, 0.25) is 0 Å². The third-order valence-corrected chi connectivity index (χ3v) is 5.13. The van der Waals surface area contributed by atoms with Crippen LogP contribution < -0.4 is 16.4 Å². The van der Waals surface area contributed by atoms with E-state index in [2.05, 4.69) is 20.2 Å². The topological polar surface area (TPSA) is 98.1 Å². The number of aldehydes is 1. The summed E-state index contributed by atoms with van der Waals surface area (Å²) in [6.07, 6.45) is 4.20. The standard InChI is InChI=1S/C11H15FN2O.C8H9NO2.C3H6FN.ClH/c1-8-4-11(15)13-5-9(8)2-3-14-6-10(12)7-14;1-6-4-8(11)9-5-7(6)2-3-10;4-3-1-5-2-3;/h4-5,10H,2-3,6-7H2,1H3,(H,13,15);3-5H,2H2,1H3,(H,9,11);3,5H,1-2H2;1H. The van der Waals surface area contributed by atoms with Gasteiger partial charge in [0.25, 0.3) is 0 Å². The van der Waals surface area contributed by atoms with Crippen molar-refractivity contribution in [2.75, 3.05) is 32.7 Å². The van der Waals surface area contributed by atoms with Crippen LogP contribution in [0.15, 0.2) is 34.1 Å². The van der Waals surface area contributed by atoms with Gasteiger partial charge >= 0.3 is 0 Å². The minimum atomic E-state index is -0.637. The van der Waals surface area contributed by atoms with Crippen molar-refractivity contribution in [3.05, 3.63) is 67.5 Å². The lowest BCUT2D eigenvalue weighted by Gasteiger charge is -2.34. The second kappa shape index (κ2) is 13.9. The Labute approximate surface area is 192 Å². The average Bonchev–Trinajstić information content (AvgIpc) is 2.67. The number of aromatic nitrogens is 2. The molecule has 178 valence electrons. The smallest absolute Gasteiger partial charge is 0.248 e. The molecule has 4 rings (SSSR count). The molecule has 0 radical (unpaired) electrons. The summed E-state index contributed by atoms with van der Waals surface area (Å²) >= 11 is 0. The number of aryl methyl sites for hydroxylation is 2. The maximum Gasteiger partial charge on any atom is 0.248 e. The fraction of sp³-hybridized carbons (Fsp3) is 0.500. The van der Waals surface area contributed by atoms with Crippen molar-refractivity contribution in [1.29, 1.82) is 0 Å². The number of nitrogens with one attached hydrogen (secondary N) is 3. The van der Waals surface area contributed by atoms with E-state index in [-0.39, 0.29) is 23.5 Å². The van der Waals surface area contributed by atoms with Crippen molar-refractivity contribution < 1.29 is 13.6 Å². The maximum atomic E-state index is 12.5. The van der Waals surface area contributed by atoms with Crippen LogP contribution in [0.4, 0.5) is 8.78 Å². The van der Waals surface area contributed by atoms with E-state index in [1.165, 1.54) is 6.07 Å². The van der Waals surface area contributed by atoms with Crippen LogP contribution in [0, 0.1) is 13.8 Å².